The van der Waals surface area contributed by atoms with Gasteiger partial charge in [-0.15, -0.1) is 0 Å². The second-order valence-corrected chi connectivity index (χ2v) is 0. The normalized spacial score (nSPS) is 0. The second kappa shape index (κ2) is 1130. The van der Waals surface area contributed by atoms with Crippen LogP contribution in [0.3, 0.4) is 0 Å². The van der Waals surface area contributed by atoms with Crippen LogP contribution in [-0.4, -0.2) is 27.4 Å². The zero-order valence-electron chi connectivity index (χ0n) is 2.82. The maximum atomic E-state index is 0. The van der Waals surface area contributed by atoms with Crippen molar-refractivity contribution >= 4 is 0 Å². The van der Waals surface area contributed by atoms with Crippen molar-refractivity contribution in [1.82, 2.24) is 0 Å². The van der Waals surface area contributed by atoms with E-state index in [0.717, 1.165) is 0 Å². The molecule has 5 nitrogen and oxygen atoms in total. The van der Waals surface area contributed by atoms with E-state index in [1.165, 1.54) is 0 Å². The smallest absolute Gasteiger partial charge is 0.412 e. The Kier molecular flexibility index (Phi) is 386000. The quantitative estimate of drug-likeness (QED) is 0.306. The van der Waals surface area contributed by atoms with Gasteiger partial charge in [0.2, 0.25) is 0 Å². The average Bonchev–Trinajstić information content (AvgIpc) is 0. The molecule has 0 aliphatic heterocycles. The molecule has 0 fully saturated rings. The molecule has 0 heterocycles. The van der Waals surface area contributed by atoms with E-state index in [1.807, 2.05) is 0 Å². The molecule has 0 spiro atoms. The molecule has 0 saturated heterocycles. The Morgan fingerprint density at radius 3 is 0.333 bits per heavy atom. The van der Waals surface area contributed by atoms with Gasteiger partial charge >= 0.3 is 16.5 Å². The minimum atomic E-state index is 0. The molecule has 0 rings (SSSR count). The first kappa shape index (κ1) is 2050. The van der Waals surface area contributed by atoms with Crippen molar-refractivity contribution in [2.45, 2.75) is 0 Å². The fourth-order valence-corrected chi connectivity index (χ4v) is 0. The SMILES string of the molecule is O.O.O.O.O.[Ni+2]. The molecule has 0 amide bonds. The van der Waals surface area contributed by atoms with E-state index < -0.39 is 0 Å². The predicted molar refractivity (Wildman–Crippen MR) is 18.1 cm³/mol. The maximum Gasteiger partial charge on any atom is 2.00 e. The van der Waals surface area contributed by atoms with Gasteiger partial charge in [0.15, 0.2) is 0 Å². The molecular weight excluding hydrogens is 139 g/mol. The van der Waals surface area contributed by atoms with E-state index in [2.05, 4.69) is 0 Å². The molecule has 10 N–H and O–H groups in total. The van der Waals surface area contributed by atoms with Crippen molar-refractivity contribution in [2.24, 2.45) is 0 Å². The summed E-state index contributed by atoms with van der Waals surface area (Å²) >= 11 is 0. The third kappa shape index (κ3) is 541. The molecule has 0 aromatic carbocycles. The van der Waals surface area contributed by atoms with Crippen LogP contribution in [0.25, 0.3) is 0 Å². The van der Waals surface area contributed by atoms with Crippen LogP contribution in [0.5, 0.6) is 0 Å². The molecule has 6 heavy (non-hydrogen) atoms. The van der Waals surface area contributed by atoms with E-state index in [-0.39, 0.29) is 43.9 Å². The average molecular weight is 149 g/mol. The Balaban J connectivity index is 0. The first-order valence-corrected chi connectivity index (χ1v) is 0. The van der Waals surface area contributed by atoms with Gasteiger partial charge in [-0.2, -0.15) is 0 Å². The van der Waals surface area contributed by atoms with Gasteiger partial charge in [-0.25, -0.2) is 0 Å². The molecule has 0 aromatic rings. The minimum absolute atomic E-state index is 0. The van der Waals surface area contributed by atoms with E-state index in [4.69, 9.17) is 0 Å². The zero-order valence-corrected chi connectivity index (χ0v) is 3.80. The van der Waals surface area contributed by atoms with Crippen molar-refractivity contribution in [2.75, 3.05) is 0 Å². The first-order valence-electron chi connectivity index (χ1n) is 0. The van der Waals surface area contributed by atoms with Gasteiger partial charge < -0.3 is 27.4 Å². The molecule has 0 unspecified atom stereocenters. The number of hydrogen-bond acceptors (Lipinski definition) is 0. The Bertz CT molecular complexity index is 3.90. The molecular formula is H10NiO5+2. The maximum absolute atomic E-state index is 0. The van der Waals surface area contributed by atoms with E-state index in [0.29, 0.717) is 0 Å². The predicted octanol–water partition coefficient (Wildman–Crippen LogP) is -4.13. The van der Waals surface area contributed by atoms with Crippen LogP contribution < -0.4 is 0 Å². The molecule has 6 heteroatoms. The summed E-state index contributed by atoms with van der Waals surface area (Å²) in [5.74, 6) is 0. The molecule has 0 aliphatic rings. The van der Waals surface area contributed by atoms with E-state index in [1.54, 1.807) is 0 Å². The van der Waals surface area contributed by atoms with Crippen molar-refractivity contribution < 1.29 is 43.9 Å². The number of hydrogen-bond donors (Lipinski definition) is 0. The topological polar surface area (TPSA) is 158 Å². The van der Waals surface area contributed by atoms with Crippen LogP contribution in [0, 0.1) is 0 Å². The Labute approximate surface area is 44.8 Å². The van der Waals surface area contributed by atoms with Crippen LogP contribution in [0.2, 0.25) is 0 Å². The van der Waals surface area contributed by atoms with Gasteiger partial charge in [0.1, 0.15) is 0 Å². The summed E-state index contributed by atoms with van der Waals surface area (Å²) in [4.78, 5) is 0. The largest absolute Gasteiger partial charge is 2.00 e. The second-order valence-electron chi connectivity index (χ2n) is 0. The third-order valence-corrected chi connectivity index (χ3v) is 0. The van der Waals surface area contributed by atoms with Gasteiger partial charge in [0, 0.05) is 0 Å². The standard InChI is InChI=1S/Ni.5H2O/h;5*1H2/q+2;;;;;. The van der Waals surface area contributed by atoms with E-state index in [9.17, 15) is 0 Å². The summed E-state index contributed by atoms with van der Waals surface area (Å²) in [5, 5.41) is 0. The molecule has 48 valence electrons. The Morgan fingerprint density at radius 1 is 0.333 bits per heavy atom. The third-order valence-electron chi connectivity index (χ3n) is 0. The molecule has 0 radical (unpaired) electrons. The summed E-state index contributed by atoms with van der Waals surface area (Å²) in [6, 6.07) is 0. The fourth-order valence-electron chi connectivity index (χ4n) is 0. The van der Waals surface area contributed by atoms with Gasteiger partial charge in [0.05, 0.1) is 0 Å². The van der Waals surface area contributed by atoms with Crippen LogP contribution in [0.4, 0.5) is 0 Å². The number of rotatable bonds is 0. The van der Waals surface area contributed by atoms with E-state index >= 15 is 0 Å². The molecule has 0 saturated carbocycles. The van der Waals surface area contributed by atoms with Gasteiger partial charge in [-0.1, -0.05) is 0 Å². The van der Waals surface area contributed by atoms with Crippen molar-refractivity contribution in [3.8, 4) is 0 Å². The fraction of sp³-hybridized carbons (Fsp3) is 0. The zero-order chi connectivity index (χ0) is 0. The van der Waals surface area contributed by atoms with Crippen LogP contribution in [-0.2, 0) is 16.5 Å². The van der Waals surface area contributed by atoms with Gasteiger partial charge in [0.25, 0.3) is 0 Å². The Morgan fingerprint density at radius 2 is 0.333 bits per heavy atom. The van der Waals surface area contributed by atoms with Crippen LogP contribution in [0.1, 0.15) is 0 Å². The van der Waals surface area contributed by atoms with Gasteiger partial charge in [-0.3, -0.25) is 0 Å². The van der Waals surface area contributed by atoms with Crippen LogP contribution >= 0.6 is 0 Å². The van der Waals surface area contributed by atoms with Crippen molar-refractivity contribution in [1.29, 1.82) is 0 Å². The minimum Gasteiger partial charge on any atom is -0.412 e. The molecule has 0 bridgehead atoms. The molecule has 0 aliphatic carbocycles. The molecule has 0 atom stereocenters. The van der Waals surface area contributed by atoms with Crippen molar-refractivity contribution in [3.05, 3.63) is 0 Å². The van der Waals surface area contributed by atoms with Crippen LogP contribution in [0.15, 0.2) is 0 Å². The first-order chi connectivity index (χ1) is 0. The summed E-state index contributed by atoms with van der Waals surface area (Å²) in [7, 11) is 0. The monoisotopic (exact) mass is 148 g/mol. The van der Waals surface area contributed by atoms with Crippen molar-refractivity contribution in [3.63, 3.8) is 0 Å². The Hall–Kier alpha value is 0.294. The summed E-state index contributed by atoms with van der Waals surface area (Å²) in [6.45, 7) is 0. The molecule has 0 aromatic heterocycles. The summed E-state index contributed by atoms with van der Waals surface area (Å²) in [5.41, 5.74) is 0. The van der Waals surface area contributed by atoms with Gasteiger partial charge in [-0.05, 0) is 0 Å². The summed E-state index contributed by atoms with van der Waals surface area (Å²) in [6.07, 6.45) is 0. The summed E-state index contributed by atoms with van der Waals surface area (Å²) < 4.78 is 0.